The largest absolute Gasteiger partial charge is 0.501 e. The van der Waals surface area contributed by atoms with Gasteiger partial charge in [-0.05, 0) is 61.4 Å². The molecule has 4 amide bonds. The van der Waals surface area contributed by atoms with Crippen molar-refractivity contribution in [2.75, 3.05) is 72.0 Å². The fraction of sp³-hybridized carbons (Fsp3) is 0.500. The van der Waals surface area contributed by atoms with Crippen molar-refractivity contribution in [2.24, 2.45) is 7.05 Å². The first-order chi connectivity index (χ1) is 28.1. The second-order valence-corrected chi connectivity index (χ2v) is 17.6. The summed E-state index contributed by atoms with van der Waals surface area (Å²) in [5.41, 5.74) is 3.15. The van der Waals surface area contributed by atoms with Crippen molar-refractivity contribution in [3.8, 4) is 0 Å². The van der Waals surface area contributed by atoms with E-state index in [0.717, 1.165) is 65.7 Å². The van der Waals surface area contributed by atoms with E-state index in [-0.39, 0.29) is 35.1 Å². The fourth-order valence-corrected chi connectivity index (χ4v) is 10.4. The summed E-state index contributed by atoms with van der Waals surface area (Å²) in [5.74, 6) is -3.27. The van der Waals surface area contributed by atoms with Crippen LogP contribution in [0.15, 0.2) is 58.4 Å². The number of piperazine rings is 1. The Hall–Kier alpha value is -5.13. The molecular weight excluding hydrogens is 785 g/mol. The van der Waals surface area contributed by atoms with Gasteiger partial charge in [0.25, 0.3) is 23.3 Å². The molecular formula is C42H49F2N7O7S. The molecule has 1 aromatic carbocycles. The minimum Gasteiger partial charge on any atom is -0.501 e. The van der Waals surface area contributed by atoms with E-state index in [1.807, 2.05) is 31.2 Å². The van der Waals surface area contributed by atoms with Crippen LogP contribution >= 0.6 is 11.3 Å². The van der Waals surface area contributed by atoms with Crippen LogP contribution in [-0.2, 0) is 38.1 Å². The van der Waals surface area contributed by atoms with Gasteiger partial charge in [-0.15, -0.1) is 11.3 Å². The summed E-state index contributed by atoms with van der Waals surface area (Å²) >= 11 is 1.13. The van der Waals surface area contributed by atoms with Gasteiger partial charge in [0, 0.05) is 98.8 Å². The molecule has 3 atom stereocenters. The first-order valence-corrected chi connectivity index (χ1v) is 20.7. The van der Waals surface area contributed by atoms with Gasteiger partial charge < -0.3 is 34.1 Å². The number of nitrogens with zero attached hydrogens (tertiary/aromatic N) is 5. The van der Waals surface area contributed by atoms with Crippen LogP contribution in [0.1, 0.15) is 63.8 Å². The summed E-state index contributed by atoms with van der Waals surface area (Å²) in [6, 6.07) is 5.36. The number of amides is 4. The number of pyridine rings is 1. The molecule has 0 spiro atoms. The number of halogens is 2. The second kappa shape index (κ2) is 15.5. The lowest BCUT2D eigenvalue weighted by molar-refractivity contribution is -0.136. The van der Waals surface area contributed by atoms with Crippen LogP contribution in [0.4, 0.5) is 14.5 Å². The normalized spacial score (nSPS) is 25.3. The third kappa shape index (κ3) is 7.52. The van der Waals surface area contributed by atoms with Gasteiger partial charge in [0.2, 0.25) is 11.8 Å². The molecule has 0 saturated carbocycles. The van der Waals surface area contributed by atoms with E-state index in [9.17, 15) is 32.8 Å². The zero-order valence-corrected chi connectivity index (χ0v) is 34.7. The number of piperidine rings is 2. The number of anilines is 1. The molecule has 6 heterocycles. The van der Waals surface area contributed by atoms with Crippen molar-refractivity contribution < 1.29 is 37.4 Å². The number of fused-ring (bicyclic) bond motifs is 2. The van der Waals surface area contributed by atoms with Gasteiger partial charge in [0.1, 0.15) is 17.6 Å². The number of carbonyl (C=O) groups excluding carboxylic acids is 4. The number of allylic oxidation sites excluding steroid dienone is 2. The molecule has 0 bridgehead atoms. The highest BCUT2D eigenvalue weighted by molar-refractivity contribution is 7.21. The maximum Gasteiger partial charge on any atom is 0.280 e. The summed E-state index contributed by atoms with van der Waals surface area (Å²) in [4.78, 5) is 72.2. The van der Waals surface area contributed by atoms with E-state index in [0.29, 0.717) is 53.9 Å². The molecule has 1 aliphatic carbocycles. The Morgan fingerprint density at radius 3 is 2.47 bits per heavy atom. The standard InChI is InChI=1S/C42H49F2N7O7S/c1-41(29-22-48(3)39(55)27-17-33(59-36(27)29)38(54)45-34-10-11-47(2)23-42(34,43)44)18-31(57-4)28(32(19-41)58-5)21-49-12-14-50(15-13-49)25-6-7-26-24(16-25)20-51(40(26)56)30-8-9-35(52)46-37(30)53/h6-7,16-18,22,30,34H,8-15,19-21,23H2,1-5H3,(H,45,54)(H,46,52,53). The van der Waals surface area contributed by atoms with E-state index in [1.54, 1.807) is 44.3 Å². The Morgan fingerprint density at radius 2 is 1.78 bits per heavy atom. The molecule has 0 radical (unpaired) electrons. The third-order valence-corrected chi connectivity index (χ3v) is 13.7. The monoisotopic (exact) mass is 833 g/mol. The molecule has 3 saturated heterocycles. The lowest BCUT2D eigenvalue weighted by Crippen LogP contribution is -2.57. The number of benzene rings is 1. The minimum absolute atomic E-state index is 0.117. The number of hydrogen-bond acceptors (Lipinski definition) is 11. The van der Waals surface area contributed by atoms with E-state index >= 15 is 0 Å². The number of aromatic nitrogens is 1. The Kier molecular flexibility index (Phi) is 10.7. The lowest BCUT2D eigenvalue weighted by Gasteiger charge is -2.39. The van der Waals surface area contributed by atoms with Crippen molar-refractivity contribution in [3.63, 3.8) is 0 Å². The number of rotatable bonds is 9. The lowest BCUT2D eigenvalue weighted by atomic mass is 9.74. The second-order valence-electron chi connectivity index (χ2n) is 16.5. The molecule has 3 unspecified atom stereocenters. The molecule has 59 heavy (non-hydrogen) atoms. The number of thiophene rings is 1. The number of carbonyl (C=O) groups is 4. The number of likely N-dealkylation sites (tertiary alicyclic amines) is 1. The number of aryl methyl sites for hydroxylation is 1. The van der Waals surface area contributed by atoms with Gasteiger partial charge in [0.05, 0.1) is 37.1 Å². The molecule has 3 fully saturated rings. The summed E-state index contributed by atoms with van der Waals surface area (Å²) in [6.45, 7) is 5.90. The molecule has 4 aliphatic heterocycles. The van der Waals surface area contributed by atoms with E-state index < -0.39 is 41.8 Å². The predicted molar refractivity (Wildman–Crippen MR) is 218 cm³/mol. The first kappa shape index (κ1) is 40.6. The Balaban J connectivity index is 0.969. The maximum absolute atomic E-state index is 14.8. The molecule has 8 rings (SSSR count). The van der Waals surface area contributed by atoms with E-state index in [4.69, 9.17) is 9.47 Å². The molecule has 14 nitrogen and oxygen atoms in total. The highest BCUT2D eigenvalue weighted by Crippen LogP contribution is 2.45. The highest BCUT2D eigenvalue weighted by atomic mass is 32.1. The SMILES string of the molecule is COC1=CC(C)(c2cn(C)c(=O)c3cc(C(=O)NC4CCN(C)CC4(F)F)sc23)CC(OC)=C1CN1CCN(c2ccc3c(c2)CN(C2CCC(=O)NC2=O)C3=O)CC1. The number of hydrogen-bond donors (Lipinski definition) is 2. The van der Waals surface area contributed by atoms with Crippen molar-refractivity contribution in [1.29, 1.82) is 0 Å². The van der Waals surface area contributed by atoms with Gasteiger partial charge in [-0.25, -0.2) is 8.78 Å². The maximum atomic E-state index is 14.8. The highest BCUT2D eigenvalue weighted by Gasteiger charge is 2.45. The average molecular weight is 834 g/mol. The molecule has 5 aliphatic rings. The van der Waals surface area contributed by atoms with E-state index in [1.165, 1.54) is 10.6 Å². The fourth-order valence-electron chi connectivity index (χ4n) is 9.15. The van der Waals surface area contributed by atoms with Gasteiger partial charge in [0.15, 0.2) is 0 Å². The number of imide groups is 1. The molecule has 2 aromatic heterocycles. The van der Waals surface area contributed by atoms with Crippen molar-refractivity contribution in [2.45, 2.75) is 62.6 Å². The quantitative estimate of drug-likeness (QED) is 0.308. The zero-order valence-electron chi connectivity index (χ0n) is 33.9. The smallest absolute Gasteiger partial charge is 0.280 e. The number of alkyl halides is 2. The molecule has 314 valence electrons. The van der Waals surface area contributed by atoms with Crippen LogP contribution in [0.25, 0.3) is 10.1 Å². The first-order valence-electron chi connectivity index (χ1n) is 19.9. The van der Waals surface area contributed by atoms with Crippen molar-refractivity contribution in [3.05, 3.63) is 85.6 Å². The Bertz CT molecular complexity index is 2370. The summed E-state index contributed by atoms with van der Waals surface area (Å²) < 4.78 is 43.9. The van der Waals surface area contributed by atoms with Gasteiger partial charge in [-0.1, -0.05) is 6.92 Å². The molecule has 3 aromatic rings. The van der Waals surface area contributed by atoms with Crippen LogP contribution in [0.2, 0.25) is 0 Å². The van der Waals surface area contributed by atoms with E-state index in [2.05, 4.69) is 20.4 Å². The third-order valence-electron chi connectivity index (χ3n) is 12.5. The van der Waals surface area contributed by atoms with Crippen molar-refractivity contribution >= 4 is 50.7 Å². The molecule has 17 heteroatoms. The van der Waals surface area contributed by atoms with Crippen LogP contribution < -0.4 is 21.1 Å². The van der Waals surface area contributed by atoms with Crippen LogP contribution in [0, 0.1) is 0 Å². The van der Waals surface area contributed by atoms with Crippen molar-refractivity contribution in [1.82, 2.24) is 29.9 Å². The van der Waals surface area contributed by atoms with Gasteiger partial charge in [-0.3, -0.25) is 34.2 Å². The minimum atomic E-state index is -3.08. The van der Waals surface area contributed by atoms with Crippen LogP contribution in [0.3, 0.4) is 0 Å². The Labute approximate surface area is 344 Å². The number of methoxy groups -OCH3 is 2. The average Bonchev–Trinajstić information content (AvgIpc) is 3.79. The summed E-state index contributed by atoms with van der Waals surface area (Å²) in [5, 5.41) is 5.25. The number of ether oxygens (including phenoxy) is 2. The predicted octanol–water partition coefficient (Wildman–Crippen LogP) is 3.34. The molecule has 2 N–H and O–H groups in total. The van der Waals surface area contributed by atoms with Crippen LogP contribution in [0.5, 0.6) is 0 Å². The van der Waals surface area contributed by atoms with Gasteiger partial charge in [-0.2, -0.15) is 0 Å². The Morgan fingerprint density at radius 1 is 1.02 bits per heavy atom. The topological polar surface area (TPSA) is 146 Å². The summed E-state index contributed by atoms with van der Waals surface area (Å²) in [6.07, 6.45) is 4.91. The number of nitrogens with one attached hydrogen (secondary N) is 2. The zero-order chi connectivity index (χ0) is 42.0. The van der Waals surface area contributed by atoms with Crippen LogP contribution in [-0.4, -0.2) is 128 Å². The van der Waals surface area contributed by atoms with Gasteiger partial charge >= 0.3 is 0 Å². The summed E-state index contributed by atoms with van der Waals surface area (Å²) in [7, 11) is 6.54.